The summed E-state index contributed by atoms with van der Waals surface area (Å²) in [4.78, 5) is 0. The molecule has 0 amide bonds. The summed E-state index contributed by atoms with van der Waals surface area (Å²) in [7, 11) is 0. The van der Waals surface area contributed by atoms with E-state index >= 15 is 0 Å². The van der Waals surface area contributed by atoms with Crippen molar-refractivity contribution in [2.24, 2.45) is 0 Å². The van der Waals surface area contributed by atoms with Crippen LogP contribution in [0.1, 0.15) is 0 Å². The quantitative estimate of drug-likeness (QED) is 0.464. The molecule has 0 unspecified atom stereocenters. The number of ether oxygens (including phenoxy) is 1. The van der Waals surface area contributed by atoms with Crippen LogP contribution in [0, 0.1) is 0 Å². The molecular weight excluding hydrogens is 171 g/mol. The molecule has 0 aliphatic carbocycles. The van der Waals surface area contributed by atoms with Gasteiger partial charge < -0.3 is 4.74 Å². The summed E-state index contributed by atoms with van der Waals surface area (Å²) in [5, 5.41) is 0. The molecule has 0 fully saturated rings. The highest BCUT2D eigenvalue weighted by molar-refractivity contribution is 4.77. The van der Waals surface area contributed by atoms with Crippen molar-refractivity contribution in [2.75, 3.05) is 6.86 Å². The molecule has 0 saturated carbocycles. The minimum Gasteiger partial charge on any atom is -0.471 e. The molecule has 0 aromatic carbocycles. The molecule has 0 rings (SSSR count). The third-order valence-corrected chi connectivity index (χ3v) is 0.324. The van der Waals surface area contributed by atoms with Gasteiger partial charge in [-0.15, -0.1) is 0 Å². The standard InChI is InChI=1S/C3H5FO.C2F4/c1-2-5-3-4;3-1(4)2(5)6/h2H,1,3H2;. The van der Waals surface area contributed by atoms with Crippen LogP contribution in [-0.2, 0) is 4.74 Å². The normalized spacial score (nSPS) is 7.36. The van der Waals surface area contributed by atoms with E-state index in [1.54, 1.807) is 0 Å². The summed E-state index contributed by atoms with van der Waals surface area (Å²) in [6.45, 7) is 2.31. The highest BCUT2D eigenvalue weighted by atomic mass is 19.3. The Morgan fingerprint density at radius 1 is 1.18 bits per heavy atom. The molecule has 66 valence electrons. The van der Waals surface area contributed by atoms with Crippen molar-refractivity contribution in [1.82, 2.24) is 0 Å². The second-order valence-electron chi connectivity index (χ2n) is 0.963. The fourth-order valence-corrected chi connectivity index (χ4v) is 0.0445. The maximum Gasteiger partial charge on any atom is 0.334 e. The molecule has 0 aliphatic rings. The average molecular weight is 176 g/mol. The van der Waals surface area contributed by atoms with Crippen LogP contribution in [0.2, 0.25) is 0 Å². The van der Waals surface area contributed by atoms with E-state index in [0.717, 1.165) is 6.26 Å². The molecular formula is C5H5F5O. The van der Waals surface area contributed by atoms with Crippen molar-refractivity contribution in [3.8, 4) is 0 Å². The van der Waals surface area contributed by atoms with Crippen LogP contribution in [0.4, 0.5) is 22.0 Å². The summed E-state index contributed by atoms with van der Waals surface area (Å²) in [5.74, 6) is 0. The lowest BCUT2D eigenvalue weighted by Crippen LogP contribution is -1.69. The topological polar surface area (TPSA) is 9.23 Å². The van der Waals surface area contributed by atoms with Crippen LogP contribution in [0.25, 0.3) is 0 Å². The zero-order chi connectivity index (χ0) is 9.28. The highest BCUT2D eigenvalue weighted by Crippen LogP contribution is 2.08. The molecule has 0 aromatic rings. The lowest BCUT2D eigenvalue weighted by Gasteiger charge is -1.81. The molecule has 0 radical (unpaired) electrons. The van der Waals surface area contributed by atoms with Crippen LogP contribution in [0.3, 0.4) is 0 Å². The fraction of sp³-hybridized carbons (Fsp3) is 0.200. The van der Waals surface area contributed by atoms with E-state index in [1.165, 1.54) is 0 Å². The van der Waals surface area contributed by atoms with E-state index in [0.29, 0.717) is 0 Å². The molecule has 1 nitrogen and oxygen atoms in total. The van der Waals surface area contributed by atoms with Gasteiger partial charge in [-0.2, -0.15) is 17.6 Å². The average Bonchev–Trinajstić information content (AvgIpc) is 1.90. The summed E-state index contributed by atoms with van der Waals surface area (Å²) in [6.07, 6.45) is -4.76. The van der Waals surface area contributed by atoms with Gasteiger partial charge in [0.05, 0.1) is 6.26 Å². The molecule has 11 heavy (non-hydrogen) atoms. The molecule has 0 atom stereocenters. The molecule has 0 aliphatic heterocycles. The van der Waals surface area contributed by atoms with Crippen LogP contribution in [0.5, 0.6) is 0 Å². The minimum atomic E-state index is -2.91. The van der Waals surface area contributed by atoms with Crippen molar-refractivity contribution in [2.45, 2.75) is 0 Å². The van der Waals surface area contributed by atoms with E-state index in [2.05, 4.69) is 11.3 Å². The number of hydrogen-bond acceptors (Lipinski definition) is 1. The first-order valence-corrected chi connectivity index (χ1v) is 2.21. The first-order chi connectivity index (χ1) is 5.06. The summed E-state index contributed by atoms with van der Waals surface area (Å²) in [5.41, 5.74) is 0. The number of halogens is 5. The first kappa shape index (κ1) is 12.6. The predicted octanol–water partition coefficient (Wildman–Crippen LogP) is 3.06. The van der Waals surface area contributed by atoms with Gasteiger partial charge in [-0.25, -0.2) is 4.39 Å². The Balaban J connectivity index is 0. The third-order valence-electron chi connectivity index (χ3n) is 0.324. The maximum absolute atomic E-state index is 10.7. The molecule has 0 spiro atoms. The highest BCUT2D eigenvalue weighted by Gasteiger charge is 1.98. The number of hydrogen-bond donors (Lipinski definition) is 0. The van der Waals surface area contributed by atoms with E-state index in [4.69, 9.17) is 0 Å². The van der Waals surface area contributed by atoms with Gasteiger partial charge in [-0.1, -0.05) is 6.58 Å². The van der Waals surface area contributed by atoms with E-state index in [9.17, 15) is 22.0 Å². The van der Waals surface area contributed by atoms with Gasteiger partial charge in [-0.3, -0.25) is 0 Å². The van der Waals surface area contributed by atoms with E-state index in [-0.39, 0.29) is 0 Å². The minimum absolute atomic E-state index is 0.774. The Kier molecular flexibility index (Phi) is 10.2. The SMILES string of the molecule is C=COCF.FC(F)=C(F)F. The Morgan fingerprint density at radius 3 is 1.55 bits per heavy atom. The first-order valence-electron chi connectivity index (χ1n) is 2.21. The molecule has 0 saturated heterocycles. The zero-order valence-corrected chi connectivity index (χ0v) is 5.29. The van der Waals surface area contributed by atoms with Crippen LogP contribution >= 0.6 is 0 Å². The van der Waals surface area contributed by atoms with Gasteiger partial charge in [0.2, 0.25) is 6.86 Å². The van der Waals surface area contributed by atoms with Crippen LogP contribution in [0.15, 0.2) is 25.0 Å². The van der Waals surface area contributed by atoms with Gasteiger partial charge in [0.1, 0.15) is 0 Å². The van der Waals surface area contributed by atoms with Gasteiger partial charge in [0.25, 0.3) is 0 Å². The second-order valence-corrected chi connectivity index (χ2v) is 0.963. The zero-order valence-electron chi connectivity index (χ0n) is 5.29. The Hall–Kier alpha value is -1.07. The van der Waals surface area contributed by atoms with Crippen LogP contribution < -0.4 is 0 Å². The van der Waals surface area contributed by atoms with Crippen molar-refractivity contribution in [3.63, 3.8) is 0 Å². The third kappa shape index (κ3) is 17.6. The van der Waals surface area contributed by atoms with Crippen molar-refractivity contribution < 1.29 is 26.7 Å². The lowest BCUT2D eigenvalue weighted by molar-refractivity contribution is 0.142. The monoisotopic (exact) mass is 176 g/mol. The summed E-state index contributed by atoms with van der Waals surface area (Å²) >= 11 is 0. The fourth-order valence-electron chi connectivity index (χ4n) is 0.0445. The van der Waals surface area contributed by atoms with Gasteiger partial charge in [0.15, 0.2) is 0 Å². The van der Waals surface area contributed by atoms with E-state index in [1.807, 2.05) is 0 Å². The predicted molar refractivity (Wildman–Crippen MR) is 28.7 cm³/mol. The van der Waals surface area contributed by atoms with Crippen molar-refractivity contribution in [3.05, 3.63) is 25.0 Å². The number of alkyl halides is 1. The molecule has 6 heteroatoms. The van der Waals surface area contributed by atoms with Crippen molar-refractivity contribution >= 4 is 0 Å². The Bertz CT molecular complexity index is 115. The van der Waals surface area contributed by atoms with Crippen LogP contribution in [-0.4, -0.2) is 6.86 Å². The number of rotatable bonds is 2. The molecule has 0 bridgehead atoms. The molecule has 0 N–H and O–H groups in total. The van der Waals surface area contributed by atoms with Crippen molar-refractivity contribution in [1.29, 1.82) is 0 Å². The van der Waals surface area contributed by atoms with Gasteiger partial charge in [0, 0.05) is 0 Å². The Labute approximate surface area is 59.8 Å². The summed E-state index contributed by atoms with van der Waals surface area (Å²) < 4.78 is 55.8. The summed E-state index contributed by atoms with van der Waals surface area (Å²) in [6, 6.07) is 0. The van der Waals surface area contributed by atoms with E-state index < -0.39 is 19.0 Å². The molecule has 0 heterocycles. The smallest absolute Gasteiger partial charge is 0.334 e. The molecule has 0 aromatic heterocycles. The largest absolute Gasteiger partial charge is 0.471 e. The van der Waals surface area contributed by atoms with Gasteiger partial charge in [-0.05, 0) is 0 Å². The van der Waals surface area contributed by atoms with Gasteiger partial charge >= 0.3 is 12.2 Å². The Morgan fingerprint density at radius 2 is 1.55 bits per heavy atom. The second kappa shape index (κ2) is 8.93. The lowest BCUT2D eigenvalue weighted by atomic mass is 11.1. The maximum atomic E-state index is 10.7.